The van der Waals surface area contributed by atoms with Gasteiger partial charge in [0.2, 0.25) is 5.82 Å². The lowest BCUT2D eigenvalue weighted by Gasteiger charge is -2.56. The van der Waals surface area contributed by atoms with Crippen LogP contribution in [0.25, 0.3) is 11.4 Å². The highest BCUT2D eigenvalue weighted by Gasteiger charge is 2.49. The molecule has 29 heavy (non-hydrogen) atoms. The van der Waals surface area contributed by atoms with Crippen LogP contribution in [0.2, 0.25) is 10.0 Å². The van der Waals surface area contributed by atoms with E-state index in [1.807, 2.05) is 13.1 Å². The molecule has 2 fully saturated rings. The molecule has 2 saturated heterocycles. The van der Waals surface area contributed by atoms with E-state index in [0.29, 0.717) is 21.9 Å². The van der Waals surface area contributed by atoms with E-state index in [9.17, 15) is 0 Å². The van der Waals surface area contributed by atoms with Gasteiger partial charge in [-0.3, -0.25) is 4.98 Å². The zero-order chi connectivity index (χ0) is 20.0. The van der Waals surface area contributed by atoms with Crippen molar-refractivity contribution in [1.82, 2.24) is 15.1 Å². The fourth-order valence-corrected chi connectivity index (χ4v) is 4.97. The fourth-order valence-electron chi connectivity index (χ4n) is 4.45. The Kier molecular flexibility index (Phi) is 4.63. The largest absolute Gasteiger partial charge is 0.369 e. The average Bonchev–Trinajstić information content (AvgIpc) is 3.16. The molecule has 0 aliphatic carbocycles. The minimum Gasteiger partial charge on any atom is -0.369 e. The minimum atomic E-state index is 0.0329. The first-order chi connectivity index (χ1) is 14.0. The van der Waals surface area contributed by atoms with Crippen LogP contribution in [0, 0.1) is 6.92 Å². The van der Waals surface area contributed by atoms with Gasteiger partial charge >= 0.3 is 6.01 Å². The van der Waals surface area contributed by atoms with Gasteiger partial charge in [-0.1, -0.05) is 28.4 Å². The van der Waals surface area contributed by atoms with Crippen molar-refractivity contribution in [1.29, 1.82) is 0 Å². The highest BCUT2D eigenvalue weighted by atomic mass is 35.5. The Bertz CT molecular complexity index is 1030. The summed E-state index contributed by atoms with van der Waals surface area (Å²) in [4.78, 5) is 13.7. The molecule has 1 atom stereocenters. The number of halogens is 2. The number of nitrogens with zero attached hydrogens (tertiary/aromatic N) is 5. The van der Waals surface area contributed by atoms with E-state index >= 15 is 0 Å². The molecule has 0 N–H and O–H groups in total. The second-order valence-electron chi connectivity index (χ2n) is 7.87. The summed E-state index contributed by atoms with van der Waals surface area (Å²) in [6, 6.07) is 10.1. The summed E-state index contributed by atoms with van der Waals surface area (Å²) >= 11 is 12.2. The SMILES string of the molecule is Cc1cc(N2CCCC3(CCN3c3nc(-c4cc(Cl)cc(Cl)c4)no3)C2)ccn1. The molecule has 0 bridgehead atoms. The summed E-state index contributed by atoms with van der Waals surface area (Å²) in [5, 5.41) is 5.27. The van der Waals surface area contributed by atoms with Crippen molar-refractivity contribution in [2.45, 2.75) is 31.7 Å². The average molecular weight is 430 g/mol. The van der Waals surface area contributed by atoms with Gasteiger partial charge in [0.15, 0.2) is 0 Å². The van der Waals surface area contributed by atoms with Crippen molar-refractivity contribution in [2.75, 3.05) is 29.4 Å². The van der Waals surface area contributed by atoms with Gasteiger partial charge < -0.3 is 14.3 Å². The number of benzene rings is 1. The van der Waals surface area contributed by atoms with E-state index in [1.54, 1.807) is 18.2 Å². The van der Waals surface area contributed by atoms with Gasteiger partial charge in [0.25, 0.3) is 0 Å². The zero-order valence-electron chi connectivity index (χ0n) is 16.1. The van der Waals surface area contributed by atoms with Crippen LogP contribution in [0.5, 0.6) is 0 Å². The molecular weight excluding hydrogens is 409 g/mol. The molecule has 3 aromatic rings. The first-order valence-corrected chi connectivity index (χ1v) is 10.5. The number of pyridine rings is 1. The quantitative estimate of drug-likeness (QED) is 0.583. The minimum absolute atomic E-state index is 0.0329. The third-order valence-corrected chi connectivity index (χ3v) is 6.38. The highest BCUT2D eigenvalue weighted by molar-refractivity contribution is 6.35. The van der Waals surface area contributed by atoms with Crippen molar-refractivity contribution in [3.63, 3.8) is 0 Å². The van der Waals surface area contributed by atoms with Crippen LogP contribution in [-0.4, -0.2) is 40.3 Å². The van der Waals surface area contributed by atoms with Gasteiger partial charge in [-0.2, -0.15) is 4.98 Å². The second-order valence-corrected chi connectivity index (χ2v) is 8.74. The summed E-state index contributed by atoms with van der Waals surface area (Å²) in [6.07, 6.45) is 5.25. The molecule has 2 aliphatic rings. The third-order valence-electron chi connectivity index (χ3n) is 5.94. The van der Waals surface area contributed by atoms with E-state index in [-0.39, 0.29) is 5.54 Å². The summed E-state index contributed by atoms with van der Waals surface area (Å²) in [6.45, 7) is 4.94. The Balaban J connectivity index is 1.39. The number of hydrogen-bond donors (Lipinski definition) is 0. The monoisotopic (exact) mass is 429 g/mol. The van der Waals surface area contributed by atoms with Gasteiger partial charge in [0.05, 0.1) is 5.54 Å². The highest BCUT2D eigenvalue weighted by Crippen LogP contribution is 2.42. The Morgan fingerprint density at radius 3 is 2.62 bits per heavy atom. The van der Waals surface area contributed by atoms with E-state index in [0.717, 1.165) is 50.2 Å². The molecule has 4 heterocycles. The van der Waals surface area contributed by atoms with Crippen LogP contribution in [0.4, 0.5) is 11.7 Å². The molecule has 1 aromatic carbocycles. The van der Waals surface area contributed by atoms with Crippen molar-refractivity contribution >= 4 is 34.9 Å². The zero-order valence-corrected chi connectivity index (χ0v) is 17.6. The second kappa shape index (κ2) is 7.18. The number of anilines is 2. The number of aromatic nitrogens is 3. The standard InChI is InChI=1S/C21H21Cl2N5O/c1-14-9-18(3-6-24-14)27-7-2-4-21(13-27)5-8-28(21)20-25-19(26-29-20)15-10-16(22)12-17(23)11-15/h3,6,9-12H,2,4-5,7-8,13H2,1H3. The van der Waals surface area contributed by atoms with Crippen molar-refractivity contribution in [3.8, 4) is 11.4 Å². The fraction of sp³-hybridized carbons (Fsp3) is 0.381. The van der Waals surface area contributed by atoms with Gasteiger partial charge in [-0.05, 0) is 56.5 Å². The molecule has 0 saturated carbocycles. The lowest BCUT2D eigenvalue weighted by atomic mass is 9.78. The van der Waals surface area contributed by atoms with Gasteiger partial charge in [-0.15, -0.1) is 0 Å². The molecule has 2 aromatic heterocycles. The molecule has 0 radical (unpaired) electrons. The molecule has 8 heteroatoms. The Labute approximate surface area is 179 Å². The lowest BCUT2D eigenvalue weighted by molar-refractivity contribution is 0.209. The van der Waals surface area contributed by atoms with Crippen molar-refractivity contribution < 1.29 is 4.52 Å². The third kappa shape index (κ3) is 3.45. The molecule has 5 rings (SSSR count). The molecule has 0 amide bonds. The van der Waals surface area contributed by atoms with E-state index in [4.69, 9.17) is 27.7 Å². The predicted octanol–water partition coefficient (Wildman–Crippen LogP) is 5.00. The maximum absolute atomic E-state index is 6.12. The molecular formula is C21H21Cl2N5O. The number of hydrogen-bond acceptors (Lipinski definition) is 6. The van der Waals surface area contributed by atoms with Crippen LogP contribution in [-0.2, 0) is 0 Å². The molecule has 2 aliphatic heterocycles. The van der Waals surface area contributed by atoms with Gasteiger partial charge in [0, 0.05) is 52.8 Å². The Morgan fingerprint density at radius 1 is 1.07 bits per heavy atom. The van der Waals surface area contributed by atoms with Crippen LogP contribution in [0.3, 0.4) is 0 Å². The number of piperidine rings is 1. The summed E-state index contributed by atoms with van der Waals surface area (Å²) in [7, 11) is 0. The smallest absolute Gasteiger partial charge is 0.324 e. The lowest BCUT2D eigenvalue weighted by Crippen LogP contribution is -2.67. The van der Waals surface area contributed by atoms with Crippen LogP contribution >= 0.6 is 23.2 Å². The molecule has 1 unspecified atom stereocenters. The molecule has 1 spiro atoms. The van der Waals surface area contributed by atoms with Crippen molar-refractivity contribution in [2.24, 2.45) is 0 Å². The van der Waals surface area contributed by atoms with E-state index in [2.05, 4.69) is 37.1 Å². The Morgan fingerprint density at radius 2 is 1.90 bits per heavy atom. The topological polar surface area (TPSA) is 58.3 Å². The first-order valence-electron chi connectivity index (χ1n) is 9.78. The predicted molar refractivity (Wildman–Crippen MR) is 115 cm³/mol. The summed E-state index contributed by atoms with van der Waals surface area (Å²) < 4.78 is 5.64. The van der Waals surface area contributed by atoms with Gasteiger partial charge in [0.1, 0.15) is 0 Å². The van der Waals surface area contributed by atoms with E-state index in [1.165, 1.54) is 5.69 Å². The maximum atomic E-state index is 6.12. The molecule has 150 valence electrons. The van der Waals surface area contributed by atoms with Crippen LogP contribution in [0.1, 0.15) is 25.0 Å². The summed E-state index contributed by atoms with van der Waals surface area (Å²) in [5.74, 6) is 0.504. The normalized spacial score (nSPS) is 21.5. The number of aryl methyl sites for hydroxylation is 1. The summed E-state index contributed by atoms with van der Waals surface area (Å²) in [5.41, 5.74) is 3.05. The Hall–Kier alpha value is -2.31. The maximum Gasteiger partial charge on any atom is 0.324 e. The van der Waals surface area contributed by atoms with Crippen LogP contribution < -0.4 is 9.80 Å². The van der Waals surface area contributed by atoms with Crippen LogP contribution in [0.15, 0.2) is 41.1 Å². The number of rotatable bonds is 3. The van der Waals surface area contributed by atoms with Gasteiger partial charge in [-0.25, -0.2) is 0 Å². The first kappa shape index (κ1) is 18.7. The van der Waals surface area contributed by atoms with E-state index < -0.39 is 0 Å². The molecule has 6 nitrogen and oxygen atoms in total. The van der Waals surface area contributed by atoms with Crippen molar-refractivity contribution in [3.05, 3.63) is 52.3 Å².